The number of para-hydroxylation sites is 2. The van der Waals surface area contributed by atoms with E-state index in [1.165, 1.54) is 16.9 Å². The van der Waals surface area contributed by atoms with Gasteiger partial charge in [-0.2, -0.15) is 0 Å². The van der Waals surface area contributed by atoms with Gasteiger partial charge in [0.2, 0.25) is 5.91 Å². The van der Waals surface area contributed by atoms with Crippen LogP contribution in [0.1, 0.15) is 49.9 Å². The molecule has 3 heterocycles. The summed E-state index contributed by atoms with van der Waals surface area (Å²) in [6, 6.07) is 20.5. The molecular formula is C32H37N3O4S. The number of imidazole rings is 1. The Balaban J connectivity index is 1.19. The number of hydrogen-bond acceptors (Lipinski definition) is 6. The van der Waals surface area contributed by atoms with E-state index in [1.807, 2.05) is 12.1 Å². The van der Waals surface area contributed by atoms with Crippen LogP contribution in [0.25, 0.3) is 21.5 Å². The Kier molecular flexibility index (Phi) is 9.29. The van der Waals surface area contributed by atoms with Crippen molar-refractivity contribution >= 4 is 34.7 Å². The molecule has 4 aromatic rings. The molecule has 2 atom stereocenters. The first-order valence-corrected chi connectivity index (χ1v) is 14.9. The Labute approximate surface area is 239 Å². The molecular weight excluding hydrogens is 522 g/mol. The minimum Gasteiger partial charge on any atom is -0.418 e. The maximum absolute atomic E-state index is 13.4. The van der Waals surface area contributed by atoms with Crippen LogP contribution in [-0.4, -0.2) is 53.6 Å². The molecule has 1 saturated heterocycles. The number of carbonyl (C=O) groups excluding carboxylic acids is 2. The summed E-state index contributed by atoms with van der Waals surface area (Å²) < 4.78 is 12.6. The Morgan fingerprint density at radius 1 is 1.15 bits per heavy atom. The number of nitrogens with zero attached hydrogens (tertiary/aromatic N) is 3. The third-order valence-corrected chi connectivity index (χ3v) is 8.67. The van der Waals surface area contributed by atoms with Crippen LogP contribution >= 0.6 is 11.3 Å². The van der Waals surface area contributed by atoms with E-state index in [-0.39, 0.29) is 17.7 Å². The predicted octanol–water partition coefficient (Wildman–Crippen LogP) is 6.31. The van der Waals surface area contributed by atoms with Gasteiger partial charge in [0.25, 0.3) is 6.47 Å². The van der Waals surface area contributed by atoms with Crippen LogP contribution in [-0.2, 0) is 27.3 Å². The number of piperidine rings is 1. The zero-order chi connectivity index (χ0) is 27.9. The number of aromatic nitrogens is 2. The van der Waals surface area contributed by atoms with E-state index in [2.05, 4.69) is 58.9 Å². The van der Waals surface area contributed by atoms with E-state index in [0.29, 0.717) is 24.6 Å². The molecule has 2 aromatic carbocycles. The SMILES string of the molecule is COCCCn1c([C@@H]2CCCN(C(=O)C[C@H](C)Cc3ccc(-c4ccc(OC=O)s4)cc3)C2)nc2ccccc21. The molecule has 1 fully saturated rings. The molecule has 0 bridgehead atoms. The Morgan fingerprint density at radius 2 is 1.98 bits per heavy atom. The predicted molar refractivity (Wildman–Crippen MR) is 159 cm³/mol. The van der Waals surface area contributed by atoms with E-state index < -0.39 is 0 Å². The van der Waals surface area contributed by atoms with Crippen molar-refractivity contribution in [2.75, 3.05) is 26.8 Å². The maximum Gasteiger partial charge on any atom is 0.299 e. The van der Waals surface area contributed by atoms with Crippen LogP contribution in [0.3, 0.4) is 0 Å². The highest BCUT2D eigenvalue weighted by Crippen LogP contribution is 2.33. The van der Waals surface area contributed by atoms with Gasteiger partial charge < -0.3 is 18.9 Å². The number of ether oxygens (including phenoxy) is 2. The van der Waals surface area contributed by atoms with Crippen molar-refractivity contribution < 1.29 is 19.1 Å². The highest BCUT2D eigenvalue weighted by atomic mass is 32.1. The maximum atomic E-state index is 13.4. The minimum atomic E-state index is 0.233. The molecule has 8 heteroatoms. The average Bonchev–Trinajstić information content (AvgIpc) is 3.59. The number of likely N-dealkylation sites (tertiary alicyclic amines) is 1. The van der Waals surface area contributed by atoms with Crippen molar-refractivity contribution in [3.05, 3.63) is 72.1 Å². The van der Waals surface area contributed by atoms with Crippen LogP contribution < -0.4 is 4.74 Å². The highest BCUT2D eigenvalue weighted by Gasteiger charge is 2.29. The van der Waals surface area contributed by atoms with E-state index in [0.717, 1.165) is 72.6 Å². The number of carbonyl (C=O) groups is 2. The zero-order valence-electron chi connectivity index (χ0n) is 23.3. The van der Waals surface area contributed by atoms with Gasteiger partial charge in [-0.05, 0) is 67.0 Å². The normalized spacial score (nSPS) is 16.2. The molecule has 7 nitrogen and oxygen atoms in total. The number of hydrogen-bond donors (Lipinski definition) is 0. The number of aryl methyl sites for hydroxylation is 1. The number of fused-ring (bicyclic) bond motifs is 1. The summed E-state index contributed by atoms with van der Waals surface area (Å²) in [5.74, 6) is 1.81. The summed E-state index contributed by atoms with van der Waals surface area (Å²) in [6.07, 6.45) is 4.36. The van der Waals surface area contributed by atoms with Gasteiger partial charge in [-0.15, -0.1) is 0 Å². The largest absolute Gasteiger partial charge is 0.418 e. The van der Waals surface area contributed by atoms with Crippen LogP contribution in [0.5, 0.6) is 5.06 Å². The third kappa shape index (κ3) is 6.62. The second-order valence-corrected chi connectivity index (χ2v) is 11.7. The second kappa shape index (κ2) is 13.2. The van der Waals surface area contributed by atoms with E-state index in [1.54, 1.807) is 13.2 Å². The van der Waals surface area contributed by atoms with Crippen molar-refractivity contribution in [3.63, 3.8) is 0 Å². The number of methoxy groups -OCH3 is 1. The van der Waals surface area contributed by atoms with E-state index >= 15 is 0 Å². The fourth-order valence-electron chi connectivity index (χ4n) is 5.72. The lowest BCUT2D eigenvalue weighted by Gasteiger charge is -2.33. The molecule has 5 rings (SSSR count). The van der Waals surface area contributed by atoms with Gasteiger partial charge in [0.05, 0.1) is 11.0 Å². The molecule has 0 N–H and O–H groups in total. The second-order valence-electron chi connectivity index (χ2n) is 10.7. The number of rotatable bonds is 12. The standard InChI is InChI=1S/C32H37N3O4S/c1-23(19-24-10-12-25(13-11-24)29-14-15-31(40-29)39-22-36)20-30(37)34-16-5-7-26(21-34)32-33-27-8-3-4-9-28(27)35(32)17-6-18-38-2/h3-4,8-15,22-23,26H,5-7,16-21H2,1-2H3/t23-,26-/m1/s1. The summed E-state index contributed by atoms with van der Waals surface area (Å²) in [6.45, 7) is 5.73. The van der Waals surface area contributed by atoms with Crippen LogP contribution in [0, 0.1) is 5.92 Å². The van der Waals surface area contributed by atoms with Crippen LogP contribution in [0.15, 0.2) is 60.7 Å². The molecule has 0 aliphatic carbocycles. The van der Waals surface area contributed by atoms with Crippen molar-refractivity contribution in [1.29, 1.82) is 0 Å². The Bertz CT molecular complexity index is 1430. The van der Waals surface area contributed by atoms with Gasteiger partial charge in [0, 0.05) is 50.6 Å². The average molecular weight is 560 g/mol. The lowest BCUT2D eigenvalue weighted by Crippen LogP contribution is -2.40. The zero-order valence-corrected chi connectivity index (χ0v) is 24.1. The number of benzene rings is 2. The molecule has 1 aliphatic heterocycles. The summed E-state index contributed by atoms with van der Waals surface area (Å²) in [4.78, 5) is 32.1. The first kappa shape index (κ1) is 28.1. The topological polar surface area (TPSA) is 73.7 Å². The lowest BCUT2D eigenvalue weighted by atomic mass is 9.94. The van der Waals surface area contributed by atoms with Crippen molar-refractivity contribution in [2.45, 2.75) is 51.5 Å². The Morgan fingerprint density at radius 3 is 2.77 bits per heavy atom. The van der Waals surface area contributed by atoms with Gasteiger partial charge in [0.1, 0.15) is 5.82 Å². The molecule has 0 saturated carbocycles. The van der Waals surface area contributed by atoms with Crippen molar-refractivity contribution in [1.82, 2.24) is 14.5 Å². The first-order valence-electron chi connectivity index (χ1n) is 14.1. The third-order valence-electron chi connectivity index (χ3n) is 7.64. The van der Waals surface area contributed by atoms with Gasteiger partial charge in [0.15, 0.2) is 5.06 Å². The Hall–Kier alpha value is -3.49. The van der Waals surface area contributed by atoms with Gasteiger partial charge in [-0.1, -0.05) is 54.7 Å². The molecule has 2 aromatic heterocycles. The number of thiophene rings is 1. The molecule has 210 valence electrons. The van der Waals surface area contributed by atoms with Crippen LogP contribution in [0.4, 0.5) is 0 Å². The lowest BCUT2D eigenvalue weighted by molar-refractivity contribution is -0.133. The molecule has 1 aliphatic rings. The monoisotopic (exact) mass is 559 g/mol. The summed E-state index contributed by atoms with van der Waals surface area (Å²) in [5.41, 5.74) is 4.48. The number of amides is 1. The van der Waals surface area contributed by atoms with Crippen molar-refractivity contribution in [2.24, 2.45) is 5.92 Å². The first-order chi connectivity index (χ1) is 19.6. The van der Waals surface area contributed by atoms with Crippen molar-refractivity contribution in [3.8, 4) is 15.5 Å². The van der Waals surface area contributed by atoms with Gasteiger partial charge in [-0.25, -0.2) is 4.98 Å². The molecule has 40 heavy (non-hydrogen) atoms. The van der Waals surface area contributed by atoms with Gasteiger partial charge >= 0.3 is 0 Å². The van der Waals surface area contributed by atoms with Gasteiger partial charge in [-0.3, -0.25) is 9.59 Å². The molecule has 1 amide bonds. The van der Waals surface area contributed by atoms with E-state index in [9.17, 15) is 9.59 Å². The fraction of sp³-hybridized carbons (Fsp3) is 0.406. The van der Waals surface area contributed by atoms with E-state index in [4.69, 9.17) is 14.5 Å². The minimum absolute atomic E-state index is 0.233. The summed E-state index contributed by atoms with van der Waals surface area (Å²) >= 11 is 1.44. The highest BCUT2D eigenvalue weighted by molar-refractivity contribution is 7.17. The smallest absolute Gasteiger partial charge is 0.299 e. The fourth-order valence-corrected chi connectivity index (χ4v) is 6.55. The quantitative estimate of drug-likeness (QED) is 0.150. The molecule has 0 unspecified atom stereocenters. The summed E-state index contributed by atoms with van der Waals surface area (Å²) in [7, 11) is 1.74. The molecule has 0 radical (unpaired) electrons. The molecule has 0 spiro atoms. The summed E-state index contributed by atoms with van der Waals surface area (Å²) in [5, 5.41) is 0.588. The van der Waals surface area contributed by atoms with Crippen LogP contribution in [0.2, 0.25) is 0 Å².